The van der Waals surface area contributed by atoms with E-state index in [-0.39, 0.29) is 63.8 Å². The van der Waals surface area contributed by atoms with Crippen LogP contribution in [0.5, 0.6) is 11.5 Å². The molecule has 0 fully saturated rings. The molecule has 0 saturated heterocycles. The Bertz CT molecular complexity index is 1830. The van der Waals surface area contributed by atoms with Gasteiger partial charge in [0.25, 0.3) is 0 Å². The third-order valence-electron chi connectivity index (χ3n) is 7.94. The molecule has 0 aliphatic carbocycles. The fourth-order valence-electron chi connectivity index (χ4n) is 6.15. The fraction of sp³-hybridized carbons (Fsp3) is 0.333. The fourth-order valence-corrected chi connectivity index (χ4v) is 6.15. The summed E-state index contributed by atoms with van der Waals surface area (Å²) in [5, 5.41) is 0. The van der Waals surface area contributed by atoms with Crippen LogP contribution in [0, 0.1) is 11.8 Å². The second kappa shape index (κ2) is 10.4. The molecule has 0 atom stereocenters. The van der Waals surface area contributed by atoms with Crippen molar-refractivity contribution in [2.45, 2.75) is 47.0 Å². The van der Waals surface area contributed by atoms with Crippen LogP contribution in [0.3, 0.4) is 0 Å². The van der Waals surface area contributed by atoms with Crippen LogP contribution in [-0.2, 0) is 19.3 Å². The molecule has 2 aliphatic rings. The first-order valence-corrected chi connectivity index (χ1v) is 14.3. The van der Waals surface area contributed by atoms with Crippen molar-refractivity contribution in [1.29, 1.82) is 0 Å². The zero-order chi connectivity index (χ0) is 30.7. The van der Waals surface area contributed by atoms with Crippen LogP contribution in [-0.4, -0.2) is 44.9 Å². The van der Waals surface area contributed by atoms with Gasteiger partial charge >= 0.3 is 0 Å². The van der Waals surface area contributed by atoms with Gasteiger partial charge in [-0.15, -0.1) is 0 Å². The second-order valence-corrected chi connectivity index (χ2v) is 11.8. The average Bonchev–Trinajstić information content (AvgIpc) is 3.42. The number of hydrogen-bond acceptors (Lipinski definition) is 8. The maximum absolute atomic E-state index is 13.9. The molecule has 0 saturated carbocycles. The molecule has 0 amide bonds. The van der Waals surface area contributed by atoms with Crippen LogP contribution in [0.2, 0.25) is 0 Å². The van der Waals surface area contributed by atoms with Crippen LogP contribution < -0.4 is 20.3 Å². The number of methoxy groups -OCH3 is 2. The van der Waals surface area contributed by atoms with Gasteiger partial charge in [-0.1, -0.05) is 27.7 Å². The van der Waals surface area contributed by atoms with Gasteiger partial charge in [0, 0.05) is 29.9 Å². The number of ketones is 2. The Kier molecular flexibility index (Phi) is 6.87. The number of aromatic nitrogens is 4. The Morgan fingerprint density at radius 2 is 1.07 bits per heavy atom. The number of rotatable bonds is 8. The molecule has 10 nitrogen and oxygen atoms in total. The molecule has 2 aliphatic heterocycles. The lowest BCUT2D eigenvalue weighted by Crippen LogP contribution is -2.25. The highest BCUT2D eigenvalue weighted by molar-refractivity contribution is 6.16. The van der Waals surface area contributed by atoms with Gasteiger partial charge in [0.2, 0.25) is 22.4 Å². The SMILES string of the molecule is COc1cn2c(c(Cc3c4n(cc(OC)c3=O)-c3c(ccnc3CC(C)C)C4=O)c1=O)C(=O)c1ccnc(CC(C)C)c1-2. The first-order chi connectivity index (χ1) is 20.6. The molecular weight excluding hydrogens is 548 g/mol. The molecule has 0 N–H and O–H groups in total. The second-order valence-electron chi connectivity index (χ2n) is 11.8. The monoisotopic (exact) mass is 580 g/mol. The topological polar surface area (TPSA) is 122 Å². The number of carbonyl (C=O) groups excluding carboxylic acids is 2. The number of nitrogens with zero attached hydrogens (tertiary/aromatic N) is 4. The maximum Gasteiger partial charge on any atom is 0.227 e. The number of carbonyl (C=O) groups is 2. The average molecular weight is 581 g/mol. The standard InChI is InChI=1S/C33H32N4O6/c1-16(2)11-22-26-18(7-9-34-22)32(40)28-20(30(38)24(42-5)14-36(26)28)13-21-29-33(41)19-8-10-35-23(12-17(3)4)27(19)37(29)15-25(43-6)31(21)39/h7-10,14-17H,11-13H2,1-6H3. The van der Waals surface area contributed by atoms with E-state index in [1.807, 2.05) is 0 Å². The Morgan fingerprint density at radius 3 is 1.42 bits per heavy atom. The molecule has 6 rings (SSSR count). The lowest BCUT2D eigenvalue weighted by atomic mass is 9.96. The van der Waals surface area contributed by atoms with Crippen molar-refractivity contribution in [3.05, 3.63) is 102 Å². The summed E-state index contributed by atoms with van der Waals surface area (Å²) >= 11 is 0. The molecule has 6 heterocycles. The summed E-state index contributed by atoms with van der Waals surface area (Å²) in [6.07, 6.45) is 7.14. The zero-order valence-corrected chi connectivity index (χ0v) is 25.0. The van der Waals surface area contributed by atoms with Crippen molar-refractivity contribution in [2.24, 2.45) is 11.8 Å². The van der Waals surface area contributed by atoms with Crippen molar-refractivity contribution in [3.63, 3.8) is 0 Å². The number of fused-ring (bicyclic) bond motifs is 6. The highest BCUT2D eigenvalue weighted by atomic mass is 16.5. The first-order valence-electron chi connectivity index (χ1n) is 14.3. The van der Waals surface area contributed by atoms with Crippen molar-refractivity contribution in [2.75, 3.05) is 14.2 Å². The van der Waals surface area contributed by atoms with Gasteiger partial charge < -0.3 is 18.6 Å². The van der Waals surface area contributed by atoms with E-state index in [0.29, 0.717) is 35.3 Å². The minimum atomic E-state index is -0.528. The van der Waals surface area contributed by atoms with Crippen LogP contribution in [0.4, 0.5) is 0 Å². The predicted octanol–water partition coefficient (Wildman–Crippen LogP) is 3.87. The summed E-state index contributed by atoms with van der Waals surface area (Å²) < 4.78 is 14.2. The molecular formula is C33H32N4O6. The van der Waals surface area contributed by atoms with Gasteiger partial charge in [0.05, 0.1) is 60.5 Å². The van der Waals surface area contributed by atoms with Crippen molar-refractivity contribution < 1.29 is 19.1 Å². The van der Waals surface area contributed by atoms with E-state index in [1.165, 1.54) is 26.6 Å². The summed E-state index contributed by atoms with van der Waals surface area (Å²) in [5.41, 5.74) is 2.78. The molecule has 0 bridgehead atoms. The Morgan fingerprint density at radius 1 is 0.674 bits per heavy atom. The lowest BCUT2D eigenvalue weighted by Gasteiger charge is -2.17. The Balaban J connectivity index is 1.61. The van der Waals surface area contributed by atoms with E-state index in [0.717, 1.165) is 11.4 Å². The van der Waals surface area contributed by atoms with E-state index in [4.69, 9.17) is 9.47 Å². The van der Waals surface area contributed by atoms with Crippen LogP contribution in [0.25, 0.3) is 11.4 Å². The van der Waals surface area contributed by atoms with Gasteiger partial charge in [-0.2, -0.15) is 0 Å². The highest BCUT2D eigenvalue weighted by Crippen LogP contribution is 2.36. The van der Waals surface area contributed by atoms with E-state index in [1.54, 1.807) is 33.7 Å². The Labute approximate surface area is 248 Å². The minimum absolute atomic E-state index is 0.0106. The summed E-state index contributed by atoms with van der Waals surface area (Å²) in [4.78, 5) is 64.6. The third-order valence-corrected chi connectivity index (χ3v) is 7.94. The Hall–Kier alpha value is -4.86. The third kappa shape index (κ3) is 4.31. The lowest BCUT2D eigenvalue weighted by molar-refractivity contribution is 0.103. The summed E-state index contributed by atoms with van der Waals surface area (Å²) in [5.74, 6) is -0.153. The molecule has 0 unspecified atom stereocenters. The molecule has 4 aromatic heterocycles. The van der Waals surface area contributed by atoms with Crippen LogP contribution in [0.1, 0.15) is 82.3 Å². The van der Waals surface area contributed by atoms with Crippen molar-refractivity contribution in [1.82, 2.24) is 19.1 Å². The van der Waals surface area contributed by atoms with E-state index in [2.05, 4.69) is 37.7 Å². The van der Waals surface area contributed by atoms with Gasteiger partial charge in [0.1, 0.15) is 11.4 Å². The number of ether oxygens (including phenoxy) is 2. The van der Waals surface area contributed by atoms with Crippen molar-refractivity contribution in [3.8, 4) is 22.9 Å². The molecule has 10 heteroatoms. The molecule has 0 spiro atoms. The molecule has 220 valence electrons. The van der Waals surface area contributed by atoms with Crippen LogP contribution >= 0.6 is 0 Å². The number of hydrogen-bond donors (Lipinski definition) is 0. The molecule has 4 aromatic rings. The van der Waals surface area contributed by atoms with E-state index < -0.39 is 10.9 Å². The smallest absolute Gasteiger partial charge is 0.227 e. The molecule has 0 aromatic carbocycles. The normalized spacial score (nSPS) is 12.9. The summed E-state index contributed by atoms with van der Waals surface area (Å²) in [6, 6.07) is 3.27. The number of pyridine rings is 4. The zero-order valence-electron chi connectivity index (χ0n) is 25.0. The van der Waals surface area contributed by atoms with Gasteiger partial charge in [0.15, 0.2) is 11.5 Å². The van der Waals surface area contributed by atoms with Crippen molar-refractivity contribution >= 4 is 11.6 Å². The highest BCUT2D eigenvalue weighted by Gasteiger charge is 2.37. The first kappa shape index (κ1) is 28.3. The van der Waals surface area contributed by atoms with E-state index >= 15 is 0 Å². The summed E-state index contributed by atoms with van der Waals surface area (Å²) in [7, 11) is 2.76. The van der Waals surface area contributed by atoms with E-state index in [9.17, 15) is 19.2 Å². The van der Waals surface area contributed by atoms with Gasteiger partial charge in [-0.05, 0) is 36.8 Å². The maximum atomic E-state index is 13.9. The van der Waals surface area contributed by atoms with Crippen LogP contribution in [0.15, 0.2) is 46.5 Å². The quantitative estimate of drug-likeness (QED) is 0.266. The molecule has 43 heavy (non-hydrogen) atoms. The van der Waals surface area contributed by atoms with Gasteiger partial charge in [-0.25, -0.2) is 0 Å². The largest absolute Gasteiger partial charge is 0.491 e. The molecule has 0 radical (unpaired) electrons. The minimum Gasteiger partial charge on any atom is -0.491 e. The predicted molar refractivity (Wildman–Crippen MR) is 160 cm³/mol. The van der Waals surface area contributed by atoms with Gasteiger partial charge in [-0.3, -0.25) is 29.1 Å². The summed E-state index contributed by atoms with van der Waals surface area (Å²) in [6.45, 7) is 8.24.